The predicted molar refractivity (Wildman–Crippen MR) is 48.3 cm³/mol. The number of carbonyl (C=O) groups excluding carboxylic acids is 1. The minimum Gasteiger partial charge on any atom is -0.377 e. The van der Waals surface area contributed by atoms with Gasteiger partial charge in [0.25, 0.3) is 0 Å². The van der Waals surface area contributed by atoms with Crippen LogP contribution in [0.1, 0.15) is 19.8 Å². The molecule has 12 heavy (non-hydrogen) atoms. The molecule has 0 aromatic rings. The molecular weight excluding hydrogens is 150 g/mol. The van der Waals surface area contributed by atoms with Gasteiger partial charge in [-0.25, -0.2) is 0 Å². The van der Waals surface area contributed by atoms with Crippen molar-refractivity contribution in [3.63, 3.8) is 0 Å². The average molecular weight is 163 g/mol. The summed E-state index contributed by atoms with van der Waals surface area (Å²) in [7, 11) is 0. The zero-order valence-corrected chi connectivity index (χ0v) is 7.26. The van der Waals surface area contributed by atoms with Gasteiger partial charge in [-0.2, -0.15) is 0 Å². The van der Waals surface area contributed by atoms with Crippen molar-refractivity contribution in [3.05, 3.63) is 11.8 Å². The standard InChI is InChI=1S/C10H13NO/c1-3-4-11-9-5-8(2)6-10(12)7-9/h1,7-8,11H,4-6H2,2H3. The van der Waals surface area contributed by atoms with Crippen LogP contribution in [0.2, 0.25) is 0 Å². The van der Waals surface area contributed by atoms with E-state index in [2.05, 4.69) is 18.2 Å². The van der Waals surface area contributed by atoms with Crippen LogP contribution >= 0.6 is 0 Å². The molecule has 0 aromatic carbocycles. The monoisotopic (exact) mass is 163 g/mol. The lowest BCUT2D eigenvalue weighted by Crippen LogP contribution is -2.21. The second kappa shape index (κ2) is 3.96. The highest BCUT2D eigenvalue weighted by molar-refractivity contribution is 5.91. The third-order valence-electron chi connectivity index (χ3n) is 1.87. The zero-order chi connectivity index (χ0) is 8.97. The van der Waals surface area contributed by atoms with Crippen molar-refractivity contribution in [2.45, 2.75) is 19.8 Å². The van der Waals surface area contributed by atoms with E-state index in [1.54, 1.807) is 6.08 Å². The molecule has 0 radical (unpaired) electrons. The van der Waals surface area contributed by atoms with Gasteiger partial charge in [0.2, 0.25) is 0 Å². The molecule has 0 fully saturated rings. The molecule has 2 nitrogen and oxygen atoms in total. The molecule has 0 amide bonds. The summed E-state index contributed by atoms with van der Waals surface area (Å²) in [5.41, 5.74) is 0.983. The molecule has 1 atom stereocenters. The molecular formula is C10H13NO. The summed E-state index contributed by atoms with van der Waals surface area (Å²) in [5.74, 6) is 3.13. The lowest BCUT2D eigenvalue weighted by atomic mass is 9.93. The van der Waals surface area contributed by atoms with E-state index < -0.39 is 0 Å². The number of allylic oxidation sites excluding steroid dienone is 2. The van der Waals surface area contributed by atoms with Crippen LogP contribution in [0.25, 0.3) is 0 Å². The van der Waals surface area contributed by atoms with Crippen LogP contribution in [0.15, 0.2) is 11.8 Å². The molecule has 1 rings (SSSR count). The number of ketones is 1. The van der Waals surface area contributed by atoms with E-state index in [9.17, 15) is 4.79 Å². The minimum absolute atomic E-state index is 0.202. The van der Waals surface area contributed by atoms with Gasteiger partial charge in [-0.1, -0.05) is 12.8 Å². The molecule has 0 bridgehead atoms. The lowest BCUT2D eigenvalue weighted by molar-refractivity contribution is -0.115. The Morgan fingerprint density at radius 2 is 2.50 bits per heavy atom. The first-order valence-electron chi connectivity index (χ1n) is 4.13. The van der Waals surface area contributed by atoms with E-state index in [4.69, 9.17) is 6.42 Å². The highest BCUT2D eigenvalue weighted by Gasteiger charge is 2.15. The Labute approximate surface area is 73.0 Å². The molecule has 1 N–H and O–H groups in total. The number of hydrogen-bond donors (Lipinski definition) is 1. The molecule has 2 heteroatoms. The van der Waals surface area contributed by atoms with Gasteiger partial charge in [0.05, 0.1) is 6.54 Å². The van der Waals surface area contributed by atoms with Gasteiger partial charge in [-0.15, -0.1) is 6.42 Å². The maximum absolute atomic E-state index is 11.1. The van der Waals surface area contributed by atoms with Crippen LogP contribution in [0.5, 0.6) is 0 Å². The van der Waals surface area contributed by atoms with E-state index in [1.807, 2.05) is 0 Å². The van der Waals surface area contributed by atoms with Gasteiger partial charge < -0.3 is 5.32 Å². The first kappa shape index (κ1) is 8.86. The Bertz CT molecular complexity index is 247. The topological polar surface area (TPSA) is 29.1 Å². The molecule has 64 valence electrons. The third kappa shape index (κ3) is 2.43. The van der Waals surface area contributed by atoms with E-state index in [-0.39, 0.29) is 5.78 Å². The zero-order valence-electron chi connectivity index (χ0n) is 7.26. The van der Waals surface area contributed by atoms with Gasteiger partial charge in [-0.05, 0) is 12.3 Å². The average Bonchev–Trinajstić information content (AvgIpc) is 1.99. The number of rotatable bonds is 2. The van der Waals surface area contributed by atoms with Gasteiger partial charge in [0.1, 0.15) is 0 Å². The highest BCUT2D eigenvalue weighted by Crippen LogP contribution is 2.19. The lowest BCUT2D eigenvalue weighted by Gasteiger charge is -2.18. The quantitative estimate of drug-likeness (QED) is 0.617. The SMILES string of the molecule is C#CCNC1=CC(=O)CC(C)C1. The van der Waals surface area contributed by atoms with Crippen molar-refractivity contribution in [1.29, 1.82) is 0 Å². The number of terminal acetylenes is 1. The normalized spacial score (nSPS) is 22.8. The molecule has 0 spiro atoms. The van der Waals surface area contributed by atoms with E-state index >= 15 is 0 Å². The van der Waals surface area contributed by atoms with Crippen LogP contribution in [-0.2, 0) is 4.79 Å². The van der Waals surface area contributed by atoms with Gasteiger partial charge in [-0.3, -0.25) is 4.79 Å². The summed E-state index contributed by atoms with van der Waals surface area (Å²) < 4.78 is 0. The fourth-order valence-corrected chi connectivity index (χ4v) is 1.39. The number of carbonyl (C=O) groups is 1. The van der Waals surface area contributed by atoms with E-state index in [0.29, 0.717) is 18.9 Å². The van der Waals surface area contributed by atoms with Crippen molar-refractivity contribution in [2.75, 3.05) is 6.54 Å². The molecule has 0 heterocycles. The van der Waals surface area contributed by atoms with Crippen LogP contribution < -0.4 is 5.32 Å². The summed E-state index contributed by atoms with van der Waals surface area (Å²) in [6.07, 6.45) is 8.36. The minimum atomic E-state index is 0.202. The van der Waals surface area contributed by atoms with Crippen molar-refractivity contribution in [3.8, 4) is 12.3 Å². The molecule has 0 saturated heterocycles. The Balaban J connectivity index is 2.53. The number of hydrogen-bond acceptors (Lipinski definition) is 2. The molecule has 1 unspecified atom stereocenters. The maximum atomic E-state index is 11.1. The summed E-state index contributed by atoms with van der Waals surface area (Å²) in [4.78, 5) is 11.1. The second-order valence-electron chi connectivity index (χ2n) is 3.21. The third-order valence-corrected chi connectivity index (χ3v) is 1.87. The van der Waals surface area contributed by atoms with Crippen molar-refractivity contribution >= 4 is 5.78 Å². The van der Waals surface area contributed by atoms with Gasteiger partial charge in [0.15, 0.2) is 5.78 Å². The Kier molecular flexibility index (Phi) is 2.93. The predicted octanol–water partition coefficient (Wildman–Crippen LogP) is 1.09. The first-order chi connectivity index (χ1) is 5.72. The van der Waals surface area contributed by atoms with E-state index in [1.165, 1.54) is 0 Å². The molecule has 1 aliphatic carbocycles. The summed E-state index contributed by atoms with van der Waals surface area (Å²) in [6.45, 7) is 2.58. The molecule has 0 saturated carbocycles. The van der Waals surface area contributed by atoms with Gasteiger partial charge in [0, 0.05) is 18.2 Å². The van der Waals surface area contributed by atoms with Crippen molar-refractivity contribution in [2.24, 2.45) is 5.92 Å². The van der Waals surface area contributed by atoms with Crippen LogP contribution in [0, 0.1) is 18.3 Å². The highest BCUT2D eigenvalue weighted by atomic mass is 16.1. The molecule has 0 aliphatic heterocycles. The van der Waals surface area contributed by atoms with Crippen LogP contribution in [0.3, 0.4) is 0 Å². The first-order valence-corrected chi connectivity index (χ1v) is 4.13. The Morgan fingerprint density at radius 1 is 1.75 bits per heavy atom. The summed E-state index contributed by atoms with van der Waals surface area (Å²) in [5, 5.41) is 3.04. The smallest absolute Gasteiger partial charge is 0.157 e. The maximum Gasteiger partial charge on any atom is 0.157 e. The summed E-state index contributed by atoms with van der Waals surface area (Å²) in [6, 6.07) is 0. The Hall–Kier alpha value is -1.23. The molecule has 1 aliphatic rings. The second-order valence-corrected chi connectivity index (χ2v) is 3.21. The fraction of sp³-hybridized carbons (Fsp3) is 0.500. The van der Waals surface area contributed by atoms with Crippen LogP contribution in [-0.4, -0.2) is 12.3 Å². The fourth-order valence-electron chi connectivity index (χ4n) is 1.39. The van der Waals surface area contributed by atoms with Crippen molar-refractivity contribution < 1.29 is 4.79 Å². The molecule has 0 aromatic heterocycles. The number of nitrogens with one attached hydrogen (secondary N) is 1. The Morgan fingerprint density at radius 3 is 3.08 bits per heavy atom. The summed E-state index contributed by atoms with van der Waals surface area (Å²) >= 11 is 0. The van der Waals surface area contributed by atoms with Crippen molar-refractivity contribution in [1.82, 2.24) is 5.32 Å². The van der Waals surface area contributed by atoms with Gasteiger partial charge >= 0.3 is 0 Å². The van der Waals surface area contributed by atoms with E-state index in [0.717, 1.165) is 12.1 Å². The van der Waals surface area contributed by atoms with Crippen LogP contribution in [0.4, 0.5) is 0 Å². The largest absolute Gasteiger partial charge is 0.377 e.